The standard InChI is InChI=1S/C29H27FNO.C29H28NO.C28H26NO.C26H22NO/c1-18(2)15-22-16-20(10-12-25(22)30)21-13-14-31(4)26(17-21)28-19(3)9-11-24-23-7-5-6-8-27(23)32-29(24)28;1-19(2)17-21-10-12-22(13-11-21)23-15-16-30(4)26(18-23)28-20(3)9-14-25-24-7-5-6-8-27(24)31-29(25)28;1-18(2)20-10-12-21(13-11-20)22-14-16-25(29(4)17-22)27-19(3)9-15-24-23-7-5-6-8-26(23)30-28(24)27;1-17-8-11-19(12-9-17)20-13-15-23(27(3)16-20)25-18(2)10-14-22-21-6-4-5-7-24(21)28-26(22)25/h5-14,16-18H,15H2,1-4H3;5-16,18-19H,17H2,1-4H3;5-18H,1-4H3;4-16H,1-3H3/q4*+1/i1D3,18D;1D3,19D;1D3,18D;1D3. The topological polar surface area (TPSA) is 68.1 Å². The van der Waals surface area contributed by atoms with Crippen molar-refractivity contribution in [3.05, 3.63) is 360 Å². The fourth-order valence-electron chi connectivity index (χ4n) is 16.8. The van der Waals surface area contributed by atoms with Crippen LogP contribution < -0.4 is 18.3 Å². The van der Waals surface area contributed by atoms with Crippen molar-refractivity contribution in [1.82, 2.24) is 0 Å². The third kappa shape index (κ3) is 16.0. The van der Waals surface area contributed by atoms with Gasteiger partial charge in [0.25, 0.3) is 0 Å². The molecule has 20 rings (SSSR count). The van der Waals surface area contributed by atoms with Crippen molar-refractivity contribution in [3.8, 4) is 89.5 Å². The summed E-state index contributed by atoms with van der Waals surface area (Å²) in [6, 6.07) is 92.6. The fraction of sp³-hybridized carbons (Fsp3) is 0.179. The van der Waals surface area contributed by atoms with Crippen LogP contribution in [0.3, 0.4) is 0 Å². The first-order valence-electron chi connectivity index (χ1n) is 48.2. The van der Waals surface area contributed by atoms with E-state index in [2.05, 4.69) is 169 Å². The lowest BCUT2D eigenvalue weighted by atomic mass is 9.95. The highest BCUT2D eigenvalue weighted by molar-refractivity contribution is 6.13. The molecule has 121 heavy (non-hydrogen) atoms. The molecule has 20 aromatic rings. The Morgan fingerprint density at radius 3 is 1.07 bits per heavy atom. The molecular formula is C112H103FN4O4+4. The second kappa shape index (κ2) is 33.6. The molecule has 3 unspecified atom stereocenters. The van der Waals surface area contributed by atoms with Crippen molar-refractivity contribution in [2.45, 2.75) is 94.6 Å². The minimum Gasteiger partial charge on any atom is -0.455 e. The van der Waals surface area contributed by atoms with Crippen LogP contribution in [-0.4, -0.2) is 0 Å². The molecule has 0 aliphatic rings. The van der Waals surface area contributed by atoms with Crippen molar-refractivity contribution in [2.75, 3.05) is 0 Å². The molecule has 0 N–H and O–H groups in total. The van der Waals surface area contributed by atoms with E-state index in [1.165, 1.54) is 26.8 Å². The van der Waals surface area contributed by atoms with E-state index in [1.54, 1.807) is 36.4 Å². The van der Waals surface area contributed by atoms with E-state index >= 15 is 0 Å². The van der Waals surface area contributed by atoms with Crippen LogP contribution in [0.15, 0.2) is 328 Å². The number of nitrogens with zero attached hydrogens (tertiary/aromatic N) is 4. The SMILES string of the molecule is [2H]C([2H])([2H])C([2H])(C)Cc1cc(-c2cc[n+](C)c(-c3c(C)ccc4c3oc3ccccc34)c2)ccc1F.[2H]C([2H])([2H])C([2H])(C)Cc1ccc(-c2cc[n+](C)c(-c3c(C)ccc4c3oc3ccccc34)c2)cc1.[2H]C([2H])([2H])C([2H])(C)c1ccc(-c2ccc(-c3c(C)ccc4c3oc3ccccc34)[n+](C)c2)cc1.[2H]C([2H])([2H])c1ccc(-c2ccc(-c3c(C)ccc4c3oc3ccccc34)[n+](C)c2)cc1. The summed E-state index contributed by atoms with van der Waals surface area (Å²) < 4.78 is 164. The van der Waals surface area contributed by atoms with Gasteiger partial charge in [-0.15, -0.1) is 0 Å². The lowest BCUT2D eigenvalue weighted by molar-refractivity contribution is -0.660. The Kier molecular flexibility index (Phi) is 17.6. The summed E-state index contributed by atoms with van der Waals surface area (Å²) in [5.74, 6) is -5.48. The van der Waals surface area contributed by atoms with Crippen LogP contribution in [0.2, 0.25) is 0 Å². The Labute approximate surface area is 729 Å². The molecule has 12 aromatic carbocycles. The molecule has 0 radical (unpaired) electrons. The van der Waals surface area contributed by atoms with E-state index in [4.69, 9.17) is 38.2 Å². The smallest absolute Gasteiger partial charge is 0.216 e. The first kappa shape index (κ1) is 63.5. The first-order valence-corrected chi connectivity index (χ1v) is 40.7. The molecule has 8 heterocycles. The maximum atomic E-state index is 14.7. The first-order chi connectivity index (χ1) is 64.4. The van der Waals surface area contributed by atoms with E-state index in [-0.39, 0.29) is 18.4 Å². The highest BCUT2D eigenvalue weighted by atomic mass is 19.1. The van der Waals surface area contributed by atoms with Crippen molar-refractivity contribution >= 4 is 87.8 Å². The van der Waals surface area contributed by atoms with Crippen molar-refractivity contribution < 1.29 is 60.9 Å². The molecule has 0 aliphatic carbocycles. The van der Waals surface area contributed by atoms with Gasteiger partial charge in [-0.1, -0.05) is 247 Å². The Hall–Kier alpha value is -13.6. The van der Waals surface area contributed by atoms with E-state index in [0.717, 1.165) is 205 Å². The van der Waals surface area contributed by atoms with Crippen LogP contribution in [0.5, 0.6) is 0 Å². The summed E-state index contributed by atoms with van der Waals surface area (Å²) in [5, 5.41) is 8.75. The zero-order valence-corrected chi connectivity index (χ0v) is 69.7. The molecule has 0 amide bonds. The number of furan rings is 4. The summed E-state index contributed by atoms with van der Waals surface area (Å²) in [6.45, 7) is 3.25. The molecule has 9 heteroatoms. The highest BCUT2D eigenvalue weighted by Crippen LogP contribution is 2.43. The number of hydrogen-bond donors (Lipinski definition) is 0. The molecular weight excluding hydrogens is 1480 g/mol. The zero-order valence-electron chi connectivity index (χ0n) is 84.7. The van der Waals surface area contributed by atoms with Crippen LogP contribution in [0.1, 0.15) is 112 Å². The minimum absolute atomic E-state index is 0.173. The summed E-state index contributed by atoms with van der Waals surface area (Å²) in [7, 11) is 8.05. The van der Waals surface area contributed by atoms with E-state index in [0.29, 0.717) is 11.1 Å². The number of aryl methyl sites for hydroxylation is 9. The van der Waals surface area contributed by atoms with Gasteiger partial charge < -0.3 is 17.7 Å². The second-order valence-corrected chi connectivity index (χ2v) is 31.8. The Balaban J connectivity index is 0.000000126. The van der Waals surface area contributed by atoms with Gasteiger partial charge in [-0.2, -0.15) is 0 Å². The van der Waals surface area contributed by atoms with Crippen molar-refractivity contribution in [2.24, 2.45) is 40.0 Å². The molecule has 8 aromatic heterocycles. The number of rotatable bonds is 13. The lowest BCUT2D eigenvalue weighted by Crippen LogP contribution is -2.31. The Morgan fingerprint density at radius 1 is 0.322 bits per heavy atom. The largest absolute Gasteiger partial charge is 0.455 e. The van der Waals surface area contributed by atoms with Gasteiger partial charge >= 0.3 is 0 Å². The molecule has 0 bridgehead atoms. The summed E-state index contributed by atoms with van der Waals surface area (Å²) in [5.41, 5.74) is 29.3. The lowest BCUT2D eigenvalue weighted by Gasteiger charge is -2.11. The van der Waals surface area contributed by atoms with Gasteiger partial charge in [0, 0.05) is 111 Å². The van der Waals surface area contributed by atoms with Crippen LogP contribution in [-0.2, 0) is 41.0 Å². The molecule has 0 saturated heterocycles. The average Bonchev–Trinajstić information content (AvgIpc) is 1.58. The van der Waals surface area contributed by atoms with Crippen molar-refractivity contribution in [1.29, 1.82) is 0 Å². The number of aromatic nitrogens is 4. The van der Waals surface area contributed by atoms with Crippen LogP contribution in [0.4, 0.5) is 4.39 Å². The van der Waals surface area contributed by atoms with Gasteiger partial charge in [-0.3, -0.25) is 0 Å². The van der Waals surface area contributed by atoms with Crippen LogP contribution in [0, 0.1) is 52.2 Å². The molecule has 0 aliphatic heterocycles. The normalized spacial score (nSPS) is 15.3. The van der Waals surface area contributed by atoms with Crippen LogP contribution >= 0.6 is 0 Å². The highest BCUT2D eigenvalue weighted by Gasteiger charge is 2.27. The predicted molar refractivity (Wildman–Crippen MR) is 498 cm³/mol. The Bertz CT molecular complexity index is 8000. The van der Waals surface area contributed by atoms with E-state index in [1.807, 2.05) is 172 Å². The molecule has 8 nitrogen and oxygen atoms in total. The number of fused-ring (bicyclic) bond motifs is 12. The van der Waals surface area contributed by atoms with E-state index in [9.17, 15) is 4.39 Å². The van der Waals surface area contributed by atoms with Gasteiger partial charge in [0.1, 0.15) is 78.7 Å². The predicted octanol–water partition coefficient (Wildman–Crippen LogP) is 28.2. The monoisotopic (exact) mass is 1600 g/mol. The van der Waals surface area contributed by atoms with Gasteiger partial charge in [0.05, 0.1) is 22.3 Å². The summed E-state index contributed by atoms with van der Waals surface area (Å²) >= 11 is 0. The fourth-order valence-corrected chi connectivity index (χ4v) is 16.8. The third-order valence-corrected chi connectivity index (χ3v) is 23.1. The van der Waals surface area contributed by atoms with Gasteiger partial charge in [-0.05, 0) is 186 Å². The maximum Gasteiger partial charge on any atom is 0.216 e. The van der Waals surface area contributed by atoms with Crippen molar-refractivity contribution in [3.63, 3.8) is 0 Å². The summed E-state index contributed by atoms with van der Waals surface area (Å²) in [6.07, 6.45) is 8.09. The van der Waals surface area contributed by atoms with Gasteiger partial charge in [0.15, 0.2) is 24.8 Å². The number of pyridine rings is 4. The summed E-state index contributed by atoms with van der Waals surface area (Å²) in [4.78, 5) is 0. The Morgan fingerprint density at radius 2 is 0.669 bits per heavy atom. The minimum atomic E-state index is -2.52. The van der Waals surface area contributed by atoms with Gasteiger partial charge in [0.2, 0.25) is 22.8 Å². The molecule has 598 valence electrons. The third-order valence-electron chi connectivity index (χ3n) is 23.1. The second-order valence-electron chi connectivity index (χ2n) is 31.8. The quantitative estimate of drug-likeness (QED) is 0.108. The zero-order chi connectivity index (χ0) is 96.8. The molecule has 0 fully saturated rings. The number of para-hydroxylation sites is 4. The van der Waals surface area contributed by atoms with Gasteiger partial charge in [-0.25, -0.2) is 22.7 Å². The maximum absolute atomic E-state index is 14.7. The molecule has 3 atom stereocenters. The average molecular weight is 1600 g/mol. The number of hydrogen-bond acceptors (Lipinski definition) is 4. The molecule has 0 saturated carbocycles. The molecule has 0 spiro atoms. The number of halogens is 1. The number of benzene rings is 12. The van der Waals surface area contributed by atoms with Crippen LogP contribution in [0.25, 0.3) is 177 Å². The van der Waals surface area contributed by atoms with E-state index < -0.39 is 50.9 Å².